The van der Waals surface area contributed by atoms with Crippen LogP contribution in [0.25, 0.3) is 0 Å². The van der Waals surface area contributed by atoms with E-state index in [1.165, 1.54) is 0 Å². The van der Waals surface area contributed by atoms with Crippen LogP contribution in [0.3, 0.4) is 0 Å². The summed E-state index contributed by atoms with van der Waals surface area (Å²) in [6, 6.07) is 7.69. The van der Waals surface area contributed by atoms with Gasteiger partial charge < -0.3 is 10.2 Å². The normalized spacial score (nSPS) is 13.0. The number of hydrogen-bond donors (Lipinski definition) is 2. The Morgan fingerprint density at radius 2 is 2.12 bits per heavy atom. The van der Waals surface area contributed by atoms with Gasteiger partial charge in [-0.3, -0.25) is 4.90 Å². The van der Waals surface area contributed by atoms with Gasteiger partial charge in [0.15, 0.2) is 0 Å². The third-order valence-electron chi connectivity index (χ3n) is 2.62. The minimum absolute atomic E-state index is 0.130. The van der Waals surface area contributed by atoms with Crippen LogP contribution in [0.1, 0.15) is 25.0 Å². The van der Waals surface area contributed by atoms with Gasteiger partial charge in [-0.2, -0.15) is 0 Å². The van der Waals surface area contributed by atoms with E-state index < -0.39 is 6.10 Å². The summed E-state index contributed by atoms with van der Waals surface area (Å²) in [6.45, 7) is 4.29. The predicted octanol–water partition coefficient (Wildman–Crippen LogP) is 2.19. The summed E-state index contributed by atoms with van der Waals surface area (Å²) < 4.78 is 0.971. The van der Waals surface area contributed by atoms with E-state index in [1.54, 1.807) is 0 Å². The molecule has 4 heteroatoms. The molecule has 0 aliphatic heterocycles. The maximum Gasteiger partial charge on any atom is 0.0917 e. The van der Waals surface area contributed by atoms with Crippen molar-refractivity contribution >= 4 is 15.9 Å². The lowest BCUT2D eigenvalue weighted by Gasteiger charge is -2.24. The molecule has 0 aliphatic carbocycles. The molecular formula is C13H20BrNO2. The van der Waals surface area contributed by atoms with Crippen molar-refractivity contribution < 1.29 is 10.2 Å². The molecule has 96 valence electrons. The summed E-state index contributed by atoms with van der Waals surface area (Å²) >= 11 is 3.39. The van der Waals surface area contributed by atoms with Crippen molar-refractivity contribution in [2.24, 2.45) is 0 Å². The average molecular weight is 302 g/mol. The molecule has 0 spiro atoms. The lowest BCUT2D eigenvalue weighted by molar-refractivity contribution is 0.0998. The monoisotopic (exact) mass is 301 g/mol. The Labute approximate surface area is 111 Å². The number of hydrogen-bond acceptors (Lipinski definition) is 3. The molecule has 0 heterocycles. The zero-order valence-corrected chi connectivity index (χ0v) is 11.7. The molecule has 2 N–H and O–H groups in total. The van der Waals surface area contributed by atoms with Crippen LogP contribution in [0.4, 0.5) is 0 Å². The van der Waals surface area contributed by atoms with Gasteiger partial charge >= 0.3 is 0 Å². The van der Waals surface area contributed by atoms with Crippen molar-refractivity contribution in [3.63, 3.8) is 0 Å². The Morgan fingerprint density at radius 3 is 2.71 bits per heavy atom. The number of rotatable bonds is 7. The molecular weight excluding hydrogens is 282 g/mol. The minimum atomic E-state index is -0.509. The molecule has 3 nitrogen and oxygen atoms in total. The van der Waals surface area contributed by atoms with Crippen molar-refractivity contribution in [1.82, 2.24) is 4.90 Å². The Balaban J connectivity index is 2.59. The van der Waals surface area contributed by atoms with Crippen molar-refractivity contribution in [3.05, 3.63) is 34.3 Å². The quantitative estimate of drug-likeness (QED) is 0.811. The highest BCUT2D eigenvalue weighted by Crippen LogP contribution is 2.19. The van der Waals surface area contributed by atoms with E-state index in [0.717, 1.165) is 23.0 Å². The topological polar surface area (TPSA) is 43.7 Å². The van der Waals surface area contributed by atoms with Gasteiger partial charge in [0.25, 0.3) is 0 Å². The second-order valence-corrected chi connectivity index (χ2v) is 5.01. The van der Waals surface area contributed by atoms with Gasteiger partial charge in [0.05, 0.1) is 12.7 Å². The number of benzene rings is 1. The van der Waals surface area contributed by atoms with Crippen molar-refractivity contribution in [2.75, 3.05) is 26.2 Å². The maximum atomic E-state index is 10.1. The van der Waals surface area contributed by atoms with Gasteiger partial charge in [-0.1, -0.05) is 35.0 Å². The van der Waals surface area contributed by atoms with Gasteiger partial charge in [0.2, 0.25) is 0 Å². The molecule has 0 saturated heterocycles. The largest absolute Gasteiger partial charge is 0.395 e. The van der Waals surface area contributed by atoms with Crippen molar-refractivity contribution in [1.29, 1.82) is 0 Å². The Morgan fingerprint density at radius 1 is 1.35 bits per heavy atom. The number of nitrogens with zero attached hydrogens (tertiary/aromatic N) is 1. The van der Waals surface area contributed by atoms with Gasteiger partial charge in [-0.15, -0.1) is 0 Å². The van der Waals surface area contributed by atoms with Crippen LogP contribution in [0.15, 0.2) is 28.7 Å². The van der Waals surface area contributed by atoms with Crippen LogP contribution in [0.2, 0.25) is 0 Å². The smallest absolute Gasteiger partial charge is 0.0917 e. The van der Waals surface area contributed by atoms with E-state index in [4.69, 9.17) is 5.11 Å². The van der Waals surface area contributed by atoms with Gasteiger partial charge in [-0.05, 0) is 30.7 Å². The first kappa shape index (κ1) is 14.6. The zero-order valence-electron chi connectivity index (χ0n) is 10.1. The average Bonchev–Trinajstić information content (AvgIpc) is 2.29. The lowest BCUT2D eigenvalue weighted by Crippen LogP contribution is -2.32. The fraction of sp³-hybridized carbons (Fsp3) is 0.538. The van der Waals surface area contributed by atoms with Crippen molar-refractivity contribution in [2.45, 2.75) is 19.4 Å². The molecule has 1 aromatic rings. The standard InChI is InChI=1S/C13H20BrNO2/c1-2-6-15(7-8-16)10-13(17)11-4-3-5-12(14)9-11/h3-5,9,13,16-17H,2,6-8,10H2,1H3/t13-/m0/s1. The molecule has 0 amide bonds. The van der Waals surface area contributed by atoms with E-state index in [2.05, 4.69) is 27.8 Å². The SMILES string of the molecule is CCCN(CCO)C[C@H](O)c1cccc(Br)c1. The van der Waals surface area contributed by atoms with Gasteiger partial charge in [0, 0.05) is 17.6 Å². The van der Waals surface area contributed by atoms with E-state index in [-0.39, 0.29) is 6.61 Å². The highest BCUT2D eigenvalue weighted by Gasteiger charge is 2.12. The molecule has 1 atom stereocenters. The second-order valence-electron chi connectivity index (χ2n) is 4.10. The fourth-order valence-corrected chi connectivity index (χ4v) is 2.23. The molecule has 0 aliphatic rings. The lowest BCUT2D eigenvalue weighted by atomic mass is 10.1. The summed E-state index contributed by atoms with van der Waals surface area (Å²) in [4.78, 5) is 2.07. The summed E-state index contributed by atoms with van der Waals surface area (Å²) in [6.07, 6.45) is 0.510. The van der Waals surface area contributed by atoms with Crippen LogP contribution in [0.5, 0.6) is 0 Å². The Hall–Kier alpha value is -0.420. The van der Waals surface area contributed by atoms with Crippen LogP contribution in [0, 0.1) is 0 Å². The minimum Gasteiger partial charge on any atom is -0.395 e. The number of aliphatic hydroxyl groups excluding tert-OH is 2. The van der Waals surface area contributed by atoms with Crippen LogP contribution in [-0.4, -0.2) is 41.4 Å². The molecule has 17 heavy (non-hydrogen) atoms. The van der Waals surface area contributed by atoms with Crippen molar-refractivity contribution in [3.8, 4) is 0 Å². The predicted molar refractivity (Wildman–Crippen MR) is 72.9 cm³/mol. The summed E-state index contributed by atoms with van der Waals surface area (Å²) in [5, 5.41) is 19.1. The van der Waals surface area contributed by atoms with Gasteiger partial charge in [0.1, 0.15) is 0 Å². The van der Waals surface area contributed by atoms with E-state index in [9.17, 15) is 5.11 Å². The number of aliphatic hydroxyl groups is 2. The molecule has 1 aromatic carbocycles. The number of halogens is 1. The third-order valence-corrected chi connectivity index (χ3v) is 3.11. The summed E-state index contributed by atoms with van der Waals surface area (Å²) in [5.74, 6) is 0. The first-order valence-corrected chi connectivity index (χ1v) is 6.73. The van der Waals surface area contributed by atoms with E-state index in [0.29, 0.717) is 13.1 Å². The van der Waals surface area contributed by atoms with Crippen LogP contribution < -0.4 is 0 Å². The summed E-state index contributed by atoms with van der Waals surface area (Å²) in [7, 11) is 0. The van der Waals surface area contributed by atoms with Gasteiger partial charge in [-0.25, -0.2) is 0 Å². The van der Waals surface area contributed by atoms with E-state index >= 15 is 0 Å². The molecule has 0 bridgehead atoms. The summed E-state index contributed by atoms with van der Waals surface area (Å²) in [5.41, 5.74) is 0.901. The molecule has 0 aromatic heterocycles. The van der Waals surface area contributed by atoms with Crippen LogP contribution in [-0.2, 0) is 0 Å². The molecule has 0 saturated carbocycles. The third kappa shape index (κ3) is 5.17. The molecule has 1 rings (SSSR count). The highest BCUT2D eigenvalue weighted by molar-refractivity contribution is 9.10. The first-order valence-electron chi connectivity index (χ1n) is 5.94. The molecule has 0 fully saturated rings. The molecule has 0 radical (unpaired) electrons. The maximum absolute atomic E-state index is 10.1. The van der Waals surface area contributed by atoms with E-state index in [1.807, 2.05) is 24.3 Å². The Kier molecular flexibility index (Phi) is 6.73. The second kappa shape index (κ2) is 7.82. The fourth-order valence-electron chi connectivity index (χ4n) is 1.82. The Bertz CT molecular complexity index is 327. The highest BCUT2D eigenvalue weighted by atomic mass is 79.9. The first-order chi connectivity index (χ1) is 8.17. The molecule has 0 unspecified atom stereocenters. The zero-order chi connectivity index (χ0) is 12.7. The van der Waals surface area contributed by atoms with Crippen LogP contribution >= 0.6 is 15.9 Å².